The van der Waals surface area contributed by atoms with Gasteiger partial charge >= 0.3 is 6.09 Å². The van der Waals surface area contributed by atoms with Crippen LogP contribution in [-0.4, -0.2) is 22.5 Å². The summed E-state index contributed by atoms with van der Waals surface area (Å²) in [6, 6.07) is 8.91. The van der Waals surface area contributed by atoms with Gasteiger partial charge in [-0.2, -0.15) is 0 Å². The van der Waals surface area contributed by atoms with Crippen LogP contribution in [0, 0.1) is 0 Å². The molecule has 1 saturated carbocycles. The lowest BCUT2D eigenvalue weighted by atomic mass is 9.76. The van der Waals surface area contributed by atoms with E-state index < -0.39 is 11.6 Å². The van der Waals surface area contributed by atoms with Crippen LogP contribution in [0.3, 0.4) is 0 Å². The number of rotatable bonds is 3. The molecule has 2 rings (SSSR count). The van der Waals surface area contributed by atoms with Crippen molar-refractivity contribution in [2.75, 3.05) is 0 Å². The average molecular weight is 247 g/mol. The smallest absolute Gasteiger partial charge is 0.405 e. The van der Waals surface area contributed by atoms with Crippen LogP contribution in [0.25, 0.3) is 0 Å². The molecule has 0 unspecified atom stereocenters. The summed E-state index contributed by atoms with van der Waals surface area (Å²) in [4.78, 5) is 23.5. The third-order valence-electron chi connectivity index (χ3n) is 3.52. The first-order valence-corrected chi connectivity index (χ1v) is 6.25. The third kappa shape index (κ3) is 2.53. The summed E-state index contributed by atoms with van der Waals surface area (Å²) >= 11 is 0. The summed E-state index contributed by atoms with van der Waals surface area (Å²) in [5.74, 6) is -0.106. The summed E-state index contributed by atoms with van der Waals surface area (Å²) in [7, 11) is 0. The van der Waals surface area contributed by atoms with Crippen LogP contribution < -0.4 is 5.32 Å². The van der Waals surface area contributed by atoms with E-state index >= 15 is 0 Å². The van der Waals surface area contributed by atoms with Crippen LogP contribution in [0.4, 0.5) is 4.79 Å². The zero-order valence-electron chi connectivity index (χ0n) is 10.2. The fraction of sp³-hybridized carbons (Fsp3) is 0.429. The normalized spacial score (nSPS) is 18.0. The number of carbonyl (C=O) groups excluding carboxylic acids is 1. The van der Waals surface area contributed by atoms with Crippen LogP contribution >= 0.6 is 0 Å². The summed E-state index contributed by atoms with van der Waals surface area (Å²) in [5.41, 5.74) is -0.348. The fourth-order valence-corrected chi connectivity index (χ4v) is 2.63. The molecule has 4 heteroatoms. The molecule has 1 aliphatic carbocycles. The van der Waals surface area contributed by atoms with E-state index in [-0.39, 0.29) is 5.78 Å². The van der Waals surface area contributed by atoms with Crippen molar-refractivity contribution in [3.05, 3.63) is 35.9 Å². The molecule has 1 amide bonds. The quantitative estimate of drug-likeness (QED) is 0.807. The number of Topliss-reactive ketones (excluding diaryl/α,β-unsaturated/α-hetero) is 1. The molecule has 1 aromatic rings. The molecule has 1 aliphatic rings. The predicted molar refractivity (Wildman–Crippen MR) is 67.7 cm³/mol. The van der Waals surface area contributed by atoms with Crippen molar-refractivity contribution >= 4 is 11.9 Å². The Kier molecular flexibility index (Phi) is 3.65. The summed E-state index contributed by atoms with van der Waals surface area (Å²) in [6.07, 6.45) is 2.89. The van der Waals surface area contributed by atoms with E-state index in [0.29, 0.717) is 18.4 Å². The Hall–Kier alpha value is -1.84. The molecule has 0 radical (unpaired) electrons. The molecule has 0 aliphatic heterocycles. The number of nitrogens with one attached hydrogen (secondary N) is 1. The van der Waals surface area contributed by atoms with Crippen molar-refractivity contribution in [2.45, 2.75) is 37.6 Å². The largest absolute Gasteiger partial charge is 0.465 e. The maximum absolute atomic E-state index is 12.5. The molecule has 1 aromatic carbocycles. The van der Waals surface area contributed by atoms with E-state index in [9.17, 15) is 9.59 Å². The number of benzene rings is 1. The number of hydrogen-bond donors (Lipinski definition) is 2. The van der Waals surface area contributed by atoms with Crippen LogP contribution in [0.1, 0.15) is 42.5 Å². The molecular weight excluding hydrogens is 230 g/mol. The topological polar surface area (TPSA) is 66.4 Å². The lowest BCUT2D eigenvalue weighted by molar-refractivity contribution is 0.0785. The number of carbonyl (C=O) groups is 2. The van der Waals surface area contributed by atoms with E-state index in [1.165, 1.54) is 0 Å². The minimum Gasteiger partial charge on any atom is -0.465 e. The first kappa shape index (κ1) is 12.6. The van der Waals surface area contributed by atoms with Crippen molar-refractivity contribution in [1.29, 1.82) is 0 Å². The van der Waals surface area contributed by atoms with Crippen molar-refractivity contribution in [1.82, 2.24) is 5.32 Å². The zero-order valence-corrected chi connectivity index (χ0v) is 10.2. The number of ketones is 1. The van der Waals surface area contributed by atoms with Gasteiger partial charge in [0.15, 0.2) is 5.78 Å². The van der Waals surface area contributed by atoms with Gasteiger partial charge in [0, 0.05) is 5.56 Å². The zero-order chi connectivity index (χ0) is 13.0. The van der Waals surface area contributed by atoms with Crippen LogP contribution in [0.2, 0.25) is 0 Å². The average Bonchev–Trinajstić information content (AvgIpc) is 2.39. The Morgan fingerprint density at radius 2 is 1.67 bits per heavy atom. The van der Waals surface area contributed by atoms with Gasteiger partial charge in [-0.25, -0.2) is 4.79 Å². The molecule has 1 fully saturated rings. The molecule has 4 nitrogen and oxygen atoms in total. The van der Waals surface area contributed by atoms with Gasteiger partial charge in [0.25, 0.3) is 0 Å². The van der Waals surface area contributed by atoms with Gasteiger partial charge in [-0.05, 0) is 12.8 Å². The Morgan fingerprint density at radius 3 is 2.22 bits per heavy atom. The van der Waals surface area contributed by atoms with E-state index in [1.807, 2.05) is 6.07 Å². The highest BCUT2D eigenvalue weighted by Gasteiger charge is 2.41. The maximum atomic E-state index is 12.5. The first-order chi connectivity index (χ1) is 8.64. The van der Waals surface area contributed by atoms with E-state index in [0.717, 1.165) is 19.3 Å². The number of hydrogen-bond acceptors (Lipinski definition) is 2. The SMILES string of the molecule is O=C(O)NC1(C(=O)c2ccccc2)CCCCC1. The van der Waals surface area contributed by atoms with Gasteiger partial charge in [-0.15, -0.1) is 0 Å². The molecule has 0 heterocycles. The van der Waals surface area contributed by atoms with E-state index in [1.54, 1.807) is 24.3 Å². The van der Waals surface area contributed by atoms with Crippen molar-refractivity contribution in [2.24, 2.45) is 0 Å². The Morgan fingerprint density at radius 1 is 1.06 bits per heavy atom. The standard InChI is InChI=1S/C14H17NO3/c16-12(11-7-3-1-4-8-11)14(15-13(17)18)9-5-2-6-10-14/h1,3-4,7-8,15H,2,5-6,9-10H2,(H,17,18). The highest BCUT2D eigenvalue weighted by atomic mass is 16.4. The molecule has 0 spiro atoms. The van der Waals surface area contributed by atoms with Gasteiger partial charge in [-0.3, -0.25) is 4.79 Å². The van der Waals surface area contributed by atoms with Crippen LogP contribution in [-0.2, 0) is 0 Å². The van der Waals surface area contributed by atoms with Crippen molar-refractivity contribution in [3.63, 3.8) is 0 Å². The summed E-state index contributed by atoms with van der Waals surface area (Å²) < 4.78 is 0. The molecule has 0 saturated heterocycles. The fourth-order valence-electron chi connectivity index (χ4n) is 2.63. The monoisotopic (exact) mass is 247 g/mol. The molecule has 96 valence electrons. The van der Waals surface area contributed by atoms with Crippen LogP contribution in [0.5, 0.6) is 0 Å². The van der Waals surface area contributed by atoms with E-state index in [2.05, 4.69) is 5.32 Å². The highest BCUT2D eigenvalue weighted by molar-refractivity contribution is 6.04. The first-order valence-electron chi connectivity index (χ1n) is 6.25. The van der Waals surface area contributed by atoms with Gasteiger partial charge in [-0.1, -0.05) is 49.6 Å². The van der Waals surface area contributed by atoms with Gasteiger partial charge in [0.1, 0.15) is 5.54 Å². The van der Waals surface area contributed by atoms with Crippen molar-refractivity contribution in [3.8, 4) is 0 Å². The Labute approximate surface area is 106 Å². The highest BCUT2D eigenvalue weighted by Crippen LogP contribution is 2.31. The predicted octanol–water partition coefficient (Wildman–Crippen LogP) is 2.84. The second-order valence-electron chi connectivity index (χ2n) is 4.77. The summed E-state index contributed by atoms with van der Waals surface area (Å²) in [6.45, 7) is 0. The maximum Gasteiger partial charge on any atom is 0.405 e. The molecular formula is C14H17NO3. The molecule has 18 heavy (non-hydrogen) atoms. The van der Waals surface area contributed by atoms with Crippen LogP contribution in [0.15, 0.2) is 30.3 Å². The molecule has 0 aromatic heterocycles. The third-order valence-corrected chi connectivity index (χ3v) is 3.52. The number of amides is 1. The van der Waals surface area contributed by atoms with Gasteiger partial charge < -0.3 is 10.4 Å². The van der Waals surface area contributed by atoms with Gasteiger partial charge in [0.05, 0.1) is 0 Å². The Balaban J connectivity index is 2.28. The van der Waals surface area contributed by atoms with E-state index in [4.69, 9.17) is 5.11 Å². The van der Waals surface area contributed by atoms with Crippen molar-refractivity contribution < 1.29 is 14.7 Å². The second-order valence-corrected chi connectivity index (χ2v) is 4.77. The molecule has 0 bridgehead atoms. The minimum absolute atomic E-state index is 0.106. The molecule has 0 atom stereocenters. The molecule has 2 N–H and O–H groups in total. The second kappa shape index (κ2) is 5.21. The van der Waals surface area contributed by atoms with Gasteiger partial charge in [0.2, 0.25) is 0 Å². The minimum atomic E-state index is -1.12. The lowest BCUT2D eigenvalue weighted by Crippen LogP contribution is -2.55. The number of carboxylic acid groups (broad SMARTS) is 1. The Bertz CT molecular complexity index is 436. The lowest BCUT2D eigenvalue weighted by Gasteiger charge is -2.35. The summed E-state index contributed by atoms with van der Waals surface area (Å²) in [5, 5.41) is 11.4.